The minimum Gasteiger partial charge on any atom is -0.543 e. The molecule has 2 aromatic heterocycles. The van der Waals surface area contributed by atoms with Crippen LogP contribution in [0.2, 0.25) is 0 Å². The Morgan fingerprint density at radius 2 is 1.82 bits per heavy atom. The molecule has 0 bridgehead atoms. The van der Waals surface area contributed by atoms with Gasteiger partial charge < -0.3 is 40.7 Å². The first-order chi connectivity index (χ1) is 18.3. The Morgan fingerprint density at radius 3 is 2.48 bits per heavy atom. The normalized spacial score (nSPS) is 11.2. The number of benzene rings is 2. The van der Waals surface area contributed by atoms with Gasteiger partial charge in [0, 0.05) is 18.3 Å². The van der Waals surface area contributed by atoms with Crippen molar-refractivity contribution in [2.24, 2.45) is 5.73 Å². The SMILES string of the molecule is COC(=O)c1ccc(C(=O)Nc2c[nH]c3c(C(=O)[O-])ncnc23)cc1.Cl.NCc1ccc2c(c1)NC(=O)CO2.[K+]. The van der Waals surface area contributed by atoms with Gasteiger partial charge in [0.25, 0.3) is 11.8 Å². The summed E-state index contributed by atoms with van der Waals surface area (Å²) < 4.78 is 9.77. The molecule has 0 atom stereocenters. The van der Waals surface area contributed by atoms with Crippen LogP contribution in [0.3, 0.4) is 0 Å². The average Bonchev–Trinajstić information content (AvgIpc) is 3.35. The van der Waals surface area contributed by atoms with Crippen molar-refractivity contribution in [3.8, 4) is 5.75 Å². The Labute approximate surface area is 276 Å². The molecule has 15 heteroatoms. The van der Waals surface area contributed by atoms with Crippen LogP contribution in [0.15, 0.2) is 55.0 Å². The summed E-state index contributed by atoms with van der Waals surface area (Å²) in [6, 6.07) is 11.4. The maximum Gasteiger partial charge on any atom is 1.00 e. The molecule has 5 N–H and O–H groups in total. The number of hydrogen-bond acceptors (Lipinski definition) is 10. The number of H-pyrrole nitrogens is 1. The van der Waals surface area contributed by atoms with Crippen LogP contribution in [-0.4, -0.2) is 52.4 Å². The van der Waals surface area contributed by atoms with Crippen LogP contribution in [-0.2, 0) is 16.1 Å². The van der Waals surface area contributed by atoms with Crippen molar-refractivity contribution in [3.05, 3.63) is 77.4 Å². The van der Waals surface area contributed by atoms with Crippen molar-refractivity contribution in [2.45, 2.75) is 6.54 Å². The van der Waals surface area contributed by atoms with E-state index in [4.69, 9.17) is 10.5 Å². The number of halogens is 1. The van der Waals surface area contributed by atoms with Gasteiger partial charge in [-0.25, -0.2) is 14.8 Å². The Balaban J connectivity index is 0.000000317. The Morgan fingerprint density at radius 1 is 1.12 bits per heavy atom. The number of carbonyl (C=O) groups excluding carboxylic acids is 4. The number of nitrogens with one attached hydrogen (secondary N) is 3. The van der Waals surface area contributed by atoms with Gasteiger partial charge in [0.05, 0.1) is 35.5 Å². The van der Waals surface area contributed by atoms with Crippen molar-refractivity contribution in [3.63, 3.8) is 0 Å². The second kappa shape index (κ2) is 14.9. The summed E-state index contributed by atoms with van der Waals surface area (Å²) in [5.41, 5.74) is 8.16. The summed E-state index contributed by atoms with van der Waals surface area (Å²) in [6.45, 7) is 0.554. The third-order valence-electron chi connectivity index (χ3n) is 5.39. The maximum absolute atomic E-state index is 12.3. The van der Waals surface area contributed by atoms with Crippen LogP contribution < -0.4 is 77.6 Å². The molecule has 2 amide bonds. The predicted molar refractivity (Wildman–Crippen MR) is 140 cm³/mol. The Hall–Kier alpha value is -3.37. The fourth-order valence-electron chi connectivity index (χ4n) is 3.52. The fourth-order valence-corrected chi connectivity index (χ4v) is 3.52. The third kappa shape index (κ3) is 7.63. The molecule has 0 unspecified atom stereocenters. The van der Waals surface area contributed by atoms with E-state index in [1.54, 1.807) is 0 Å². The van der Waals surface area contributed by atoms with Crippen molar-refractivity contribution >= 4 is 58.6 Å². The summed E-state index contributed by atoms with van der Waals surface area (Å²) >= 11 is 0. The molecule has 2 aromatic carbocycles. The van der Waals surface area contributed by atoms with E-state index in [1.807, 2.05) is 18.2 Å². The number of rotatable bonds is 5. The topological polar surface area (TPSA) is 201 Å². The monoisotopic (exact) mass is 592 g/mol. The number of aromatic carboxylic acids is 1. The zero-order valence-corrected chi connectivity index (χ0v) is 25.3. The van der Waals surface area contributed by atoms with E-state index in [2.05, 4.69) is 30.3 Å². The number of carboxylic acid groups (broad SMARTS) is 1. The van der Waals surface area contributed by atoms with Crippen LogP contribution >= 0.6 is 12.4 Å². The minimum absolute atomic E-state index is 0. The van der Waals surface area contributed by atoms with Crippen LogP contribution in [0.25, 0.3) is 11.0 Å². The van der Waals surface area contributed by atoms with Gasteiger partial charge in [-0.1, -0.05) is 6.07 Å². The van der Waals surface area contributed by atoms with Gasteiger partial charge in [0.2, 0.25) is 0 Å². The zero-order chi connectivity index (χ0) is 27.2. The van der Waals surface area contributed by atoms with Crippen molar-refractivity contribution in [2.75, 3.05) is 24.4 Å². The Kier molecular flexibility index (Phi) is 12.2. The number of ether oxygens (including phenoxy) is 2. The summed E-state index contributed by atoms with van der Waals surface area (Å²) in [6.07, 6.45) is 2.48. The first-order valence-electron chi connectivity index (χ1n) is 11.1. The molecule has 5 rings (SSSR count). The first kappa shape index (κ1) is 32.8. The molecule has 40 heavy (non-hydrogen) atoms. The number of nitrogens with zero attached hydrogens (tertiary/aromatic N) is 2. The molecule has 0 spiro atoms. The molecule has 1 aliphatic heterocycles. The number of aromatic nitrogens is 3. The number of methoxy groups -OCH3 is 1. The molecule has 202 valence electrons. The van der Waals surface area contributed by atoms with Gasteiger partial charge in [-0.15, -0.1) is 12.4 Å². The van der Waals surface area contributed by atoms with E-state index in [1.165, 1.54) is 37.6 Å². The van der Waals surface area contributed by atoms with E-state index in [9.17, 15) is 24.3 Å². The van der Waals surface area contributed by atoms with Crippen LogP contribution in [0.5, 0.6) is 5.75 Å². The molecule has 3 heterocycles. The number of fused-ring (bicyclic) bond motifs is 2. The second-order valence-corrected chi connectivity index (χ2v) is 7.83. The maximum atomic E-state index is 12.3. The Bertz CT molecular complexity index is 1540. The van der Waals surface area contributed by atoms with Crippen molar-refractivity contribution in [1.29, 1.82) is 0 Å². The van der Waals surface area contributed by atoms with Crippen LogP contribution in [0, 0.1) is 0 Å². The number of anilines is 2. The van der Waals surface area contributed by atoms with Gasteiger partial charge >= 0.3 is 57.4 Å². The molecule has 4 aromatic rings. The van der Waals surface area contributed by atoms with E-state index < -0.39 is 17.8 Å². The average molecular weight is 593 g/mol. The quantitative estimate of drug-likeness (QED) is 0.152. The molecule has 0 aliphatic carbocycles. The molecule has 0 fully saturated rings. The van der Waals surface area contributed by atoms with Crippen molar-refractivity contribution < 1.29 is 85.1 Å². The zero-order valence-electron chi connectivity index (χ0n) is 21.3. The molecular formula is C25H22ClKN6O7. The third-order valence-corrected chi connectivity index (χ3v) is 5.39. The van der Waals surface area contributed by atoms with Gasteiger partial charge in [0.15, 0.2) is 6.61 Å². The first-order valence-corrected chi connectivity index (χ1v) is 11.1. The number of hydrogen-bond donors (Lipinski definition) is 4. The summed E-state index contributed by atoms with van der Waals surface area (Å²) in [7, 11) is 1.27. The number of carbonyl (C=O) groups is 4. The number of nitrogens with two attached hydrogens (primary N) is 1. The number of aromatic amines is 1. The molecule has 0 saturated heterocycles. The van der Waals surface area contributed by atoms with Gasteiger partial charge in [-0.2, -0.15) is 0 Å². The van der Waals surface area contributed by atoms with E-state index >= 15 is 0 Å². The predicted octanol–water partition coefficient (Wildman–Crippen LogP) is -1.74. The minimum atomic E-state index is -1.45. The molecule has 0 saturated carbocycles. The fraction of sp³-hybridized carbons (Fsp3) is 0.120. The van der Waals surface area contributed by atoms with Crippen LogP contribution in [0.4, 0.5) is 11.4 Å². The van der Waals surface area contributed by atoms with Crippen LogP contribution in [0.1, 0.15) is 36.8 Å². The number of esters is 1. The molecular weight excluding hydrogens is 571 g/mol. The van der Waals surface area contributed by atoms with Gasteiger partial charge in [-0.05, 0) is 42.0 Å². The van der Waals surface area contributed by atoms with Crippen molar-refractivity contribution in [1.82, 2.24) is 15.0 Å². The largest absolute Gasteiger partial charge is 1.00 e. The number of amides is 2. The van der Waals surface area contributed by atoms with Gasteiger partial charge in [-0.3, -0.25) is 9.59 Å². The van der Waals surface area contributed by atoms with E-state index in [0.717, 1.165) is 11.9 Å². The summed E-state index contributed by atoms with van der Waals surface area (Å²) in [4.78, 5) is 56.0. The van der Waals surface area contributed by atoms with E-state index in [-0.39, 0.29) is 93.0 Å². The smallest absolute Gasteiger partial charge is 0.543 e. The van der Waals surface area contributed by atoms with Gasteiger partial charge in [0.1, 0.15) is 23.3 Å². The molecule has 1 aliphatic rings. The standard InChI is InChI=1S/C16H12N4O5.C9H10N2O2.ClH.K/c1-25-16(24)9-4-2-8(3-5-9)14(21)20-10-6-17-12-11(10)18-7-19-13(12)15(22)23;10-4-6-1-2-8-7(3-6)11-9(12)5-13-8;;/h2-7,17H,1H3,(H,20,21)(H,22,23);1-3H,4-5,10H2,(H,11,12);1H;/q;;;+1/p-1. The summed E-state index contributed by atoms with van der Waals surface area (Å²) in [5.74, 6) is -1.83. The summed E-state index contributed by atoms with van der Waals surface area (Å²) in [5, 5.41) is 16.4. The molecule has 0 radical (unpaired) electrons. The number of carboxylic acids is 1. The van der Waals surface area contributed by atoms with E-state index in [0.29, 0.717) is 34.8 Å². The molecule has 13 nitrogen and oxygen atoms in total. The second-order valence-electron chi connectivity index (χ2n) is 7.83.